The van der Waals surface area contributed by atoms with Gasteiger partial charge in [0.05, 0.1) is 17.8 Å². The Morgan fingerprint density at radius 1 is 1.05 bits per heavy atom. The molecule has 0 aliphatic carbocycles. The van der Waals surface area contributed by atoms with Crippen molar-refractivity contribution in [2.45, 2.75) is 25.9 Å². The van der Waals surface area contributed by atoms with Gasteiger partial charge in [-0.2, -0.15) is 4.98 Å². The van der Waals surface area contributed by atoms with Gasteiger partial charge in [-0.05, 0) is 61.8 Å². The summed E-state index contributed by atoms with van der Waals surface area (Å²) in [4.78, 5) is 36.7. The topological polar surface area (TPSA) is 113 Å². The van der Waals surface area contributed by atoms with E-state index in [9.17, 15) is 9.59 Å². The quantitative estimate of drug-likeness (QED) is 0.314. The van der Waals surface area contributed by atoms with E-state index in [1.54, 1.807) is 30.6 Å². The molecule has 3 heterocycles. The highest BCUT2D eigenvalue weighted by Gasteiger charge is 2.27. The third kappa shape index (κ3) is 6.51. The van der Waals surface area contributed by atoms with E-state index in [-0.39, 0.29) is 17.7 Å². The first-order chi connectivity index (χ1) is 18.5. The molecule has 0 radical (unpaired) electrons. The van der Waals surface area contributed by atoms with Gasteiger partial charge in [-0.1, -0.05) is 51.4 Å². The number of carbonyl (C=O) groups is 2. The summed E-state index contributed by atoms with van der Waals surface area (Å²) in [6.07, 6.45) is 4.80. The largest absolute Gasteiger partial charge is 0.348 e. The number of anilines is 1. The molecule has 2 N–H and O–H groups in total. The van der Waals surface area contributed by atoms with Crippen LogP contribution in [-0.4, -0.2) is 44.9 Å². The van der Waals surface area contributed by atoms with Crippen LogP contribution < -0.4 is 10.6 Å². The molecule has 38 heavy (non-hydrogen) atoms. The van der Waals surface area contributed by atoms with Crippen LogP contribution in [0.5, 0.6) is 0 Å². The number of para-hydroxylation sites is 1. The van der Waals surface area contributed by atoms with Crippen molar-refractivity contribution in [1.82, 2.24) is 25.3 Å². The summed E-state index contributed by atoms with van der Waals surface area (Å²) < 4.78 is 6.41. The first kappa shape index (κ1) is 25.7. The fourth-order valence-corrected chi connectivity index (χ4v) is 4.81. The number of likely N-dealkylation sites (tertiary alicyclic amines) is 1. The van der Waals surface area contributed by atoms with Crippen molar-refractivity contribution in [2.75, 3.05) is 18.4 Å². The number of aromatic nitrogens is 3. The van der Waals surface area contributed by atoms with Crippen molar-refractivity contribution in [3.63, 3.8) is 0 Å². The number of amides is 2. The molecule has 0 atom stereocenters. The van der Waals surface area contributed by atoms with Crippen LogP contribution in [0.25, 0.3) is 11.4 Å². The molecule has 0 saturated carbocycles. The fraction of sp³-hybridized carbons (Fsp3) is 0.250. The second-order valence-corrected chi connectivity index (χ2v) is 10.1. The van der Waals surface area contributed by atoms with E-state index in [1.165, 1.54) is 0 Å². The second kappa shape index (κ2) is 12.1. The minimum atomic E-state index is -0.249. The predicted octanol–water partition coefficient (Wildman–Crippen LogP) is 4.67. The summed E-state index contributed by atoms with van der Waals surface area (Å²) in [6, 6.07) is 18.5. The number of pyridine rings is 1. The zero-order valence-corrected chi connectivity index (χ0v) is 22.2. The molecule has 2 amide bonds. The smallest absolute Gasteiger partial charge is 0.253 e. The lowest BCUT2D eigenvalue weighted by Crippen LogP contribution is -2.38. The number of piperidine rings is 1. The predicted molar refractivity (Wildman–Crippen MR) is 146 cm³/mol. The Labute approximate surface area is 228 Å². The molecule has 194 valence electrons. The first-order valence-electron chi connectivity index (χ1n) is 12.4. The Morgan fingerprint density at radius 3 is 2.68 bits per heavy atom. The van der Waals surface area contributed by atoms with Gasteiger partial charge in [0, 0.05) is 34.9 Å². The molecule has 1 fully saturated rings. The van der Waals surface area contributed by atoms with Crippen LogP contribution >= 0.6 is 15.9 Å². The molecule has 1 saturated heterocycles. The maximum absolute atomic E-state index is 13.1. The van der Waals surface area contributed by atoms with Crippen LogP contribution in [0.2, 0.25) is 0 Å². The number of carbonyl (C=O) groups excluding carboxylic acids is 2. The SMILES string of the molecule is O=C(NCc1cccnc1)c1ccccc1NC(=O)C1CCN(Cc2nc(-c3cccc(Br)c3)no2)CC1. The number of nitrogens with one attached hydrogen (secondary N) is 2. The Hall–Kier alpha value is -3.89. The summed E-state index contributed by atoms with van der Waals surface area (Å²) in [5.41, 5.74) is 2.73. The normalized spacial score (nSPS) is 14.2. The molecule has 1 aliphatic heterocycles. The average molecular weight is 575 g/mol. The molecule has 0 spiro atoms. The van der Waals surface area contributed by atoms with Gasteiger partial charge < -0.3 is 15.2 Å². The van der Waals surface area contributed by atoms with E-state index in [1.807, 2.05) is 42.5 Å². The van der Waals surface area contributed by atoms with E-state index in [2.05, 4.69) is 46.6 Å². The lowest BCUT2D eigenvalue weighted by Gasteiger charge is -2.30. The third-order valence-corrected chi connectivity index (χ3v) is 6.97. The van der Waals surface area contributed by atoms with Gasteiger partial charge in [-0.15, -0.1) is 0 Å². The summed E-state index contributed by atoms with van der Waals surface area (Å²) in [7, 11) is 0. The van der Waals surface area contributed by atoms with Crippen molar-refractivity contribution >= 4 is 33.4 Å². The molecule has 4 aromatic rings. The van der Waals surface area contributed by atoms with Gasteiger partial charge in [-0.25, -0.2) is 0 Å². The molecular formula is C28H27BrN6O3. The first-order valence-corrected chi connectivity index (χ1v) is 13.2. The zero-order chi connectivity index (χ0) is 26.3. The highest BCUT2D eigenvalue weighted by atomic mass is 79.9. The van der Waals surface area contributed by atoms with E-state index >= 15 is 0 Å². The van der Waals surface area contributed by atoms with Crippen LogP contribution in [0.1, 0.15) is 34.7 Å². The summed E-state index contributed by atoms with van der Waals surface area (Å²) in [5, 5.41) is 9.97. The molecule has 1 aliphatic rings. The molecule has 0 bridgehead atoms. The molecule has 9 nitrogen and oxygen atoms in total. The lowest BCUT2D eigenvalue weighted by atomic mass is 9.95. The summed E-state index contributed by atoms with van der Waals surface area (Å²) in [6.45, 7) is 2.37. The minimum Gasteiger partial charge on any atom is -0.348 e. The highest BCUT2D eigenvalue weighted by Crippen LogP contribution is 2.24. The number of benzene rings is 2. The average Bonchev–Trinajstić information content (AvgIpc) is 3.41. The number of hydrogen-bond acceptors (Lipinski definition) is 7. The number of hydrogen-bond donors (Lipinski definition) is 2. The van der Waals surface area contributed by atoms with Gasteiger partial charge in [-0.3, -0.25) is 19.5 Å². The van der Waals surface area contributed by atoms with Crippen LogP contribution in [0.15, 0.2) is 82.1 Å². The highest BCUT2D eigenvalue weighted by molar-refractivity contribution is 9.10. The molecule has 0 unspecified atom stereocenters. The van der Waals surface area contributed by atoms with Gasteiger partial charge in [0.1, 0.15) is 0 Å². The van der Waals surface area contributed by atoms with Gasteiger partial charge in [0.2, 0.25) is 17.6 Å². The van der Waals surface area contributed by atoms with Crippen molar-refractivity contribution in [3.8, 4) is 11.4 Å². The van der Waals surface area contributed by atoms with Gasteiger partial charge in [0.25, 0.3) is 5.91 Å². The van der Waals surface area contributed by atoms with Crippen LogP contribution in [0.3, 0.4) is 0 Å². The Balaban J connectivity index is 1.13. The number of rotatable bonds is 8. The third-order valence-electron chi connectivity index (χ3n) is 6.47. The van der Waals surface area contributed by atoms with Crippen molar-refractivity contribution in [2.24, 2.45) is 5.92 Å². The van der Waals surface area contributed by atoms with E-state index in [0.29, 0.717) is 48.9 Å². The summed E-state index contributed by atoms with van der Waals surface area (Å²) >= 11 is 3.46. The molecule has 2 aromatic heterocycles. The van der Waals surface area contributed by atoms with E-state index in [4.69, 9.17) is 4.52 Å². The number of nitrogens with zero attached hydrogens (tertiary/aromatic N) is 4. The lowest BCUT2D eigenvalue weighted by molar-refractivity contribution is -0.121. The van der Waals surface area contributed by atoms with E-state index in [0.717, 1.165) is 28.7 Å². The van der Waals surface area contributed by atoms with Crippen LogP contribution in [-0.2, 0) is 17.9 Å². The van der Waals surface area contributed by atoms with Crippen molar-refractivity contribution in [3.05, 3.63) is 94.5 Å². The maximum Gasteiger partial charge on any atom is 0.253 e. The number of halogens is 1. The van der Waals surface area contributed by atoms with Crippen molar-refractivity contribution < 1.29 is 14.1 Å². The maximum atomic E-state index is 13.1. The monoisotopic (exact) mass is 574 g/mol. The Morgan fingerprint density at radius 2 is 1.89 bits per heavy atom. The van der Waals surface area contributed by atoms with Crippen LogP contribution in [0.4, 0.5) is 5.69 Å². The second-order valence-electron chi connectivity index (χ2n) is 9.15. The Kier molecular flexibility index (Phi) is 8.20. The standard InChI is InChI=1S/C28H27BrN6O3/c29-22-7-3-6-21(15-22)26-33-25(38-34-26)18-35-13-10-20(11-14-35)27(36)32-24-9-2-1-8-23(24)28(37)31-17-19-5-4-12-30-16-19/h1-9,12,15-16,20H,10-11,13-14,17-18H2,(H,31,37)(H,32,36). The van der Waals surface area contributed by atoms with E-state index < -0.39 is 0 Å². The molecule has 5 rings (SSSR count). The minimum absolute atomic E-state index is 0.0770. The van der Waals surface area contributed by atoms with Gasteiger partial charge >= 0.3 is 0 Å². The molecular weight excluding hydrogens is 548 g/mol. The molecule has 10 heteroatoms. The Bertz CT molecular complexity index is 1400. The summed E-state index contributed by atoms with van der Waals surface area (Å²) in [5.74, 6) is 0.638. The van der Waals surface area contributed by atoms with Crippen LogP contribution in [0, 0.1) is 5.92 Å². The molecule has 2 aromatic carbocycles. The van der Waals surface area contributed by atoms with Crippen molar-refractivity contribution in [1.29, 1.82) is 0 Å². The zero-order valence-electron chi connectivity index (χ0n) is 20.6. The van der Waals surface area contributed by atoms with Gasteiger partial charge in [0.15, 0.2) is 0 Å². The fourth-order valence-electron chi connectivity index (χ4n) is 4.41.